The smallest absolute Gasteiger partial charge is 0.0631 e. The molecule has 4 nitrogen and oxygen atoms in total. The van der Waals surface area contributed by atoms with E-state index in [1.165, 1.54) is 59.2 Å². The van der Waals surface area contributed by atoms with E-state index in [2.05, 4.69) is 103 Å². The third-order valence-corrected chi connectivity index (χ3v) is 7.80. The highest BCUT2D eigenvalue weighted by Gasteiger charge is 2.19. The topological polar surface area (TPSA) is 36.5 Å². The van der Waals surface area contributed by atoms with Crippen LogP contribution in [0.4, 0.5) is 5.69 Å². The van der Waals surface area contributed by atoms with Crippen LogP contribution in [0.2, 0.25) is 0 Å². The third-order valence-electron chi connectivity index (χ3n) is 7.80. The molecule has 0 radical (unpaired) electrons. The van der Waals surface area contributed by atoms with E-state index in [4.69, 9.17) is 4.84 Å². The molecule has 1 aliphatic carbocycles. The lowest BCUT2D eigenvalue weighted by atomic mass is 9.90. The lowest BCUT2D eigenvalue weighted by Gasteiger charge is -2.30. The maximum Gasteiger partial charge on any atom is 0.0631 e. The van der Waals surface area contributed by atoms with Crippen LogP contribution < -0.4 is 15.9 Å². The summed E-state index contributed by atoms with van der Waals surface area (Å²) in [6, 6.07) is 18.0. The third kappa shape index (κ3) is 7.22. The molecule has 1 atom stereocenters. The van der Waals surface area contributed by atoms with Crippen molar-refractivity contribution in [1.82, 2.24) is 10.9 Å². The standard InChI is InChI=1S/C33H45N3O/c1-5-31(36(35-37-4)33-14-7-6-13-32(33)25(2)3)24-26-10-8-11-27(16-15-26)29-17-19-30(20-18-29)28-12-9-22-34-23-21-28/h5-7,13-20,25,28,34-35H,8-12,21-24H2,1-4H3/b31-5+/t28-/m0/s1. The van der Waals surface area contributed by atoms with Crippen molar-refractivity contribution in [3.05, 3.63) is 94.7 Å². The van der Waals surface area contributed by atoms with Crippen molar-refractivity contribution in [1.29, 1.82) is 0 Å². The van der Waals surface area contributed by atoms with E-state index in [0.717, 1.165) is 38.0 Å². The molecule has 1 fully saturated rings. The van der Waals surface area contributed by atoms with Crippen LogP contribution in [0.1, 0.15) is 94.2 Å². The number of hydrogen-bond donors (Lipinski definition) is 2. The highest BCUT2D eigenvalue weighted by molar-refractivity contribution is 5.68. The SMILES string of the molecule is C/C=C(\CC1=CC=C(c2ccc([C@H]3CCCNCC3)cc2)CCC1)N(NOC)c1ccccc1C(C)C. The molecule has 4 rings (SSSR count). The Labute approximate surface area is 224 Å². The zero-order valence-electron chi connectivity index (χ0n) is 23.2. The summed E-state index contributed by atoms with van der Waals surface area (Å²) in [5.74, 6) is 1.12. The number of rotatable bonds is 9. The fraction of sp³-hybridized carbons (Fsp3) is 0.455. The molecular formula is C33H45N3O. The van der Waals surface area contributed by atoms with E-state index in [-0.39, 0.29) is 0 Å². The van der Waals surface area contributed by atoms with E-state index in [1.54, 1.807) is 7.11 Å². The van der Waals surface area contributed by atoms with Crippen LogP contribution in [0.25, 0.3) is 5.57 Å². The minimum Gasteiger partial charge on any atom is -0.317 e. The molecule has 1 saturated heterocycles. The summed E-state index contributed by atoms with van der Waals surface area (Å²) in [4.78, 5) is 5.43. The van der Waals surface area contributed by atoms with Crippen LogP contribution in [0.3, 0.4) is 0 Å². The van der Waals surface area contributed by atoms with Crippen molar-refractivity contribution in [3.63, 3.8) is 0 Å². The summed E-state index contributed by atoms with van der Waals surface area (Å²) in [5, 5.41) is 5.64. The number of anilines is 1. The normalized spacial score (nSPS) is 19.2. The Morgan fingerprint density at radius 1 is 1.03 bits per heavy atom. The number of hydrazine groups is 1. The monoisotopic (exact) mass is 499 g/mol. The summed E-state index contributed by atoms with van der Waals surface area (Å²) in [7, 11) is 1.68. The van der Waals surface area contributed by atoms with E-state index < -0.39 is 0 Å². The molecule has 1 heterocycles. The van der Waals surface area contributed by atoms with Gasteiger partial charge in [-0.2, -0.15) is 0 Å². The molecule has 2 aromatic carbocycles. The van der Waals surface area contributed by atoms with Gasteiger partial charge in [0.2, 0.25) is 0 Å². The first-order valence-corrected chi connectivity index (χ1v) is 14.1. The van der Waals surface area contributed by atoms with Crippen molar-refractivity contribution in [2.45, 2.75) is 77.6 Å². The summed E-state index contributed by atoms with van der Waals surface area (Å²) in [6.45, 7) is 8.88. The average molecular weight is 500 g/mol. The van der Waals surface area contributed by atoms with Gasteiger partial charge in [-0.05, 0) is 98.7 Å². The molecule has 37 heavy (non-hydrogen) atoms. The number of allylic oxidation sites excluding steroid dienone is 5. The van der Waals surface area contributed by atoms with Gasteiger partial charge in [0.25, 0.3) is 0 Å². The van der Waals surface area contributed by atoms with Gasteiger partial charge in [0.15, 0.2) is 0 Å². The van der Waals surface area contributed by atoms with Crippen molar-refractivity contribution >= 4 is 11.3 Å². The quantitative estimate of drug-likeness (QED) is 0.342. The Kier molecular flexibility index (Phi) is 10.2. The first-order valence-electron chi connectivity index (χ1n) is 14.1. The second kappa shape index (κ2) is 13.8. The molecule has 2 aliphatic rings. The van der Waals surface area contributed by atoms with Crippen LogP contribution in [0.15, 0.2) is 78.0 Å². The van der Waals surface area contributed by atoms with Crippen LogP contribution in [0.5, 0.6) is 0 Å². The highest BCUT2D eigenvalue weighted by Crippen LogP contribution is 2.34. The summed E-state index contributed by atoms with van der Waals surface area (Å²) >= 11 is 0. The molecule has 0 unspecified atom stereocenters. The summed E-state index contributed by atoms with van der Waals surface area (Å²) < 4.78 is 0. The second-order valence-corrected chi connectivity index (χ2v) is 10.7. The Morgan fingerprint density at radius 2 is 1.84 bits per heavy atom. The number of para-hydroxylation sites is 1. The number of nitrogens with zero attached hydrogens (tertiary/aromatic N) is 1. The largest absolute Gasteiger partial charge is 0.317 e. The predicted octanol–water partition coefficient (Wildman–Crippen LogP) is 8.03. The molecule has 0 spiro atoms. The van der Waals surface area contributed by atoms with Crippen molar-refractivity contribution in [3.8, 4) is 0 Å². The van der Waals surface area contributed by atoms with Gasteiger partial charge in [-0.1, -0.05) is 80.1 Å². The average Bonchev–Trinajstić information content (AvgIpc) is 3.34. The Morgan fingerprint density at radius 3 is 2.59 bits per heavy atom. The molecular weight excluding hydrogens is 454 g/mol. The van der Waals surface area contributed by atoms with Crippen molar-refractivity contribution in [2.75, 3.05) is 25.2 Å². The van der Waals surface area contributed by atoms with Crippen LogP contribution >= 0.6 is 0 Å². The molecule has 4 heteroatoms. The number of benzene rings is 2. The fourth-order valence-corrected chi connectivity index (χ4v) is 5.68. The molecule has 0 bridgehead atoms. The summed E-state index contributed by atoms with van der Waals surface area (Å²) in [6.07, 6.45) is 15.0. The van der Waals surface area contributed by atoms with Crippen molar-refractivity contribution in [2.24, 2.45) is 0 Å². The zero-order valence-corrected chi connectivity index (χ0v) is 23.2. The van der Waals surface area contributed by atoms with Gasteiger partial charge in [0, 0.05) is 12.1 Å². The van der Waals surface area contributed by atoms with Gasteiger partial charge in [-0.15, -0.1) is 5.59 Å². The maximum atomic E-state index is 5.43. The van der Waals surface area contributed by atoms with Gasteiger partial charge in [0.1, 0.15) is 0 Å². The van der Waals surface area contributed by atoms with E-state index >= 15 is 0 Å². The van der Waals surface area contributed by atoms with Gasteiger partial charge < -0.3 is 5.32 Å². The Bertz CT molecular complexity index is 1090. The van der Waals surface area contributed by atoms with Crippen LogP contribution in [-0.4, -0.2) is 20.2 Å². The van der Waals surface area contributed by atoms with E-state index in [1.807, 2.05) is 0 Å². The maximum absolute atomic E-state index is 5.43. The van der Waals surface area contributed by atoms with Gasteiger partial charge in [-0.25, -0.2) is 0 Å². The van der Waals surface area contributed by atoms with Gasteiger partial charge >= 0.3 is 0 Å². The predicted molar refractivity (Wildman–Crippen MR) is 157 cm³/mol. The summed E-state index contributed by atoms with van der Waals surface area (Å²) in [5.41, 5.74) is 12.5. The molecule has 0 saturated carbocycles. The van der Waals surface area contributed by atoms with Gasteiger partial charge in [0.05, 0.1) is 12.8 Å². The first-order chi connectivity index (χ1) is 18.1. The first kappa shape index (κ1) is 27.4. The number of nitrogens with one attached hydrogen (secondary N) is 2. The Balaban J connectivity index is 1.50. The lowest BCUT2D eigenvalue weighted by Crippen LogP contribution is -2.37. The lowest BCUT2D eigenvalue weighted by molar-refractivity contribution is 0.0878. The van der Waals surface area contributed by atoms with Crippen LogP contribution in [-0.2, 0) is 4.84 Å². The van der Waals surface area contributed by atoms with Gasteiger partial charge in [-0.3, -0.25) is 9.85 Å². The zero-order chi connectivity index (χ0) is 26.0. The number of hydrogen-bond acceptors (Lipinski definition) is 4. The van der Waals surface area contributed by atoms with E-state index in [9.17, 15) is 0 Å². The van der Waals surface area contributed by atoms with Crippen LogP contribution in [0, 0.1) is 0 Å². The molecule has 2 N–H and O–H groups in total. The van der Waals surface area contributed by atoms with Crippen molar-refractivity contribution < 1.29 is 4.84 Å². The molecule has 0 aromatic heterocycles. The molecule has 0 amide bonds. The molecule has 2 aromatic rings. The highest BCUT2D eigenvalue weighted by atomic mass is 16.7. The Hall–Kier alpha value is -2.66. The second-order valence-electron chi connectivity index (χ2n) is 10.7. The minimum absolute atomic E-state index is 0.420. The minimum atomic E-state index is 0.420. The fourth-order valence-electron chi connectivity index (χ4n) is 5.68. The molecule has 198 valence electrons. The molecule has 1 aliphatic heterocycles. The van der Waals surface area contributed by atoms with E-state index in [0.29, 0.717) is 11.8 Å².